The van der Waals surface area contributed by atoms with E-state index in [4.69, 9.17) is 4.74 Å². The van der Waals surface area contributed by atoms with E-state index in [0.717, 1.165) is 13.0 Å². The summed E-state index contributed by atoms with van der Waals surface area (Å²) in [6.07, 6.45) is 5.95. The van der Waals surface area contributed by atoms with Crippen molar-refractivity contribution in [3.8, 4) is 0 Å². The van der Waals surface area contributed by atoms with E-state index < -0.39 is 0 Å². The number of benzene rings is 1. The molecule has 3 heteroatoms. The number of hydrogen-bond acceptors (Lipinski definition) is 3. The molecule has 0 aliphatic rings. The van der Waals surface area contributed by atoms with Gasteiger partial charge in [-0.3, -0.25) is 0 Å². The van der Waals surface area contributed by atoms with Gasteiger partial charge in [-0.05, 0) is 56.9 Å². The molecule has 1 aromatic rings. The van der Waals surface area contributed by atoms with Gasteiger partial charge in [-0.1, -0.05) is 40.0 Å². The Labute approximate surface area is 148 Å². The molecule has 0 N–H and O–H groups in total. The highest BCUT2D eigenvalue weighted by atomic mass is 16.5. The number of nitrogens with zero attached hydrogens (tertiary/aromatic N) is 1. The van der Waals surface area contributed by atoms with Crippen LogP contribution in [0.15, 0.2) is 24.3 Å². The third kappa shape index (κ3) is 7.37. The highest BCUT2D eigenvalue weighted by molar-refractivity contribution is 5.89. The van der Waals surface area contributed by atoms with E-state index in [9.17, 15) is 4.79 Å². The zero-order valence-corrected chi connectivity index (χ0v) is 16.2. The van der Waals surface area contributed by atoms with Crippen molar-refractivity contribution in [1.82, 2.24) is 0 Å². The summed E-state index contributed by atoms with van der Waals surface area (Å²) in [6.45, 7) is 12.5. The zero-order valence-electron chi connectivity index (χ0n) is 16.2. The molecule has 0 heterocycles. The molecule has 0 spiro atoms. The van der Waals surface area contributed by atoms with E-state index in [0.29, 0.717) is 24.1 Å². The predicted octanol–water partition coefficient (Wildman–Crippen LogP) is 5.68. The fourth-order valence-electron chi connectivity index (χ4n) is 2.65. The number of hydrogen-bond donors (Lipinski definition) is 0. The summed E-state index contributed by atoms with van der Waals surface area (Å²) in [7, 11) is 0. The standard InChI is InChI=1S/C21H35NO2/c1-6-7-8-9-15-22(18(4)5)20-12-10-19(11-13-20)21(23)24-16-14-17(2)3/h10-13,17-18H,6-9,14-16H2,1-5H3. The molecule has 0 radical (unpaired) electrons. The van der Waals surface area contributed by atoms with Crippen LogP contribution in [0.4, 0.5) is 5.69 Å². The lowest BCUT2D eigenvalue weighted by Crippen LogP contribution is -2.31. The first-order chi connectivity index (χ1) is 11.5. The Balaban J connectivity index is 2.60. The Kier molecular flexibility index (Phi) is 9.51. The predicted molar refractivity (Wildman–Crippen MR) is 103 cm³/mol. The van der Waals surface area contributed by atoms with Crippen molar-refractivity contribution in [1.29, 1.82) is 0 Å². The van der Waals surface area contributed by atoms with E-state index in [1.807, 2.05) is 24.3 Å². The molecule has 3 nitrogen and oxygen atoms in total. The quantitative estimate of drug-likeness (QED) is 0.385. The molecule has 0 saturated carbocycles. The summed E-state index contributed by atoms with van der Waals surface area (Å²) < 4.78 is 5.33. The number of unbranched alkanes of at least 4 members (excludes halogenated alkanes) is 3. The maximum Gasteiger partial charge on any atom is 0.338 e. The molecule has 0 saturated heterocycles. The minimum Gasteiger partial charge on any atom is -0.462 e. The molecule has 0 bridgehead atoms. The largest absolute Gasteiger partial charge is 0.462 e. The first kappa shape index (κ1) is 20.5. The van der Waals surface area contributed by atoms with Crippen LogP contribution in [0, 0.1) is 5.92 Å². The van der Waals surface area contributed by atoms with Crippen LogP contribution in [-0.4, -0.2) is 25.2 Å². The average molecular weight is 334 g/mol. The fraction of sp³-hybridized carbons (Fsp3) is 0.667. The average Bonchev–Trinajstić information content (AvgIpc) is 2.54. The van der Waals surface area contributed by atoms with E-state index >= 15 is 0 Å². The zero-order chi connectivity index (χ0) is 17.9. The number of esters is 1. The number of ether oxygens (including phenoxy) is 1. The molecule has 0 aliphatic carbocycles. The number of anilines is 1. The second-order valence-electron chi connectivity index (χ2n) is 7.21. The van der Waals surface area contributed by atoms with Gasteiger partial charge in [0.2, 0.25) is 0 Å². The lowest BCUT2D eigenvalue weighted by Gasteiger charge is -2.29. The summed E-state index contributed by atoms with van der Waals surface area (Å²) in [5.74, 6) is 0.328. The monoisotopic (exact) mass is 333 g/mol. The van der Waals surface area contributed by atoms with Crippen LogP contribution in [0.2, 0.25) is 0 Å². The number of carbonyl (C=O) groups excluding carboxylic acids is 1. The first-order valence-corrected chi connectivity index (χ1v) is 9.49. The normalized spacial score (nSPS) is 11.1. The van der Waals surface area contributed by atoms with Crippen LogP contribution in [0.5, 0.6) is 0 Å². The van der Waals surface area contributed by atoms with Gasteiger partial charge in [0, 0.05) is 18.3 Å². The third-order valence-electron chi connectivity index (χ3n) is 4.24. The molecule has 0 unspecified atom stereocenters. The summed E-state index contributed by atoms with van der Waals surface area (Å²) in [5.41, 5.74) is 1.82. The van der Waals surface area contributed by atoms with Crippen LogP contribution >= 0.6 is 0 Å². The second kappa shape index (κ2) is 11.1. The maximum atomic E-state index is 12.0. The van der Waals surface area contributed by atoms with E-state index in [2.05, 4.69) is 39.5 Å². The molecule has 0 aliphatic heterocycles. The van der Waals surface area contributed by atoms with Gasteiger partial charge >= 0.3 is 5.97 Å². The van der Waals surface area contributed by atoms with Crippen molar-refractivity contribution in [2.45, 2.75) is 72.8 Å². The lowest BCUT2D eigenvalue weighted by molar-refractivity contribution is 0.0488. The smallest absolute Gasteiger partial charge is 0.338 e. The topological polar surface area (TPSA) is 29.5 Å². The molecular formula is C21H35NO2. The summed E-state index contributed by atoms with van der Waals surface area (Å²) in [4.78, 5) is 14.5. The van der Waals surface area contributed by atoms with Gasteiger partial charge in [-0.2, -0.15) is 0 Å². The van der Waals surface area contributed by atoms with Crippen LogP contribution in [0.1, 0.15) is 77.1 Å². The third-order valence-corrected chi connectivity index (χ3v) is 4.24. The molecule has 0 aromatic heterocycles. The molecule has 24 heavy (non-hydrogen) atoms. The molecule has 0 fully saturated rings. The van der Waals surface area contributed by atoms with Crippen LogP contribution in [0.25, 0.3) is 0 Å². The Morgan fingerprint density at radius 3 is 2.25 bits per heavy atom. The minimum atomic E-state index is -0.221. The van der Waals surface area contributed by atoms with Crippen molar-refractivity contribution in [3.05, 3.63) is 29.8 Å². The maximum absolute atomic E-state index is 12.0. The molecule has 0 amide bonds. The SMILES string of the molecule is CCCCCCN(c1ccc(C(=O)OCCC(C)C)cc1)C(C)C. The second-order valence-corrected chi connectivity index (χ2v) is 7.21. The van der Waals surface area contributed by atoms with Gasteiger partial charge in [-0.15, -0.1) is 0 Å². The number of rotatable bonds is 11. The Morgan fingerprint density at radius 2 is 1.71 bits per heavy atom. The number of carbonyl (C=O) groups is 1. The van der Waals surface area contributed by atoms with Crippen LogP contribution < -0.4 is 4.90 Å². The van der Waals surface area contributed by atoms with Crippen molar-refractivity contribution in [2.24, 2.45) is 5.92 Å². The minimum absolute atomic E-state index is 0.221. The fourth-order valence-corrected chi connectivity index (χ4v) is 2.65. The summed E-state index contributed by atoms with van der Waals surface area (Å²) in [5, 5.41) is 0. The van der Waals surface area contributed by atoms with Gasteiger partial charge in [0.05, 0.1) is 12.2 Å². The molecule has 1 aromatic carbocycles. The van der Waals surface area contributed by atoms with E-state index in [1.165, 1.54) is 31.4 Å². The Bertz CT molecular complexity index is 465. The van der Waals surface area contributed by atoms with Crippen molar-refractivity contribution < 1.29 is 9.53 Å². The molecule has 1 rings (SSSR count). The van der Waals surface area contributed by atoms with Crippen LogP contribution in [-0.2, 0) is 4.74 Å². The summed E-state index contributed by atoms with van der Waals surface area (Å²) >= 11 is 0. The van der Waals surface area contributed by atoms with Gasteiger partial charge in [0.15, 0.2) is 0 Å². The van der Waals surface area contributed by atoms with Crippen molar-refractivity contribution in [3.63, 3.8) is 0 Å². The Morgan fingerprint density at radius 1 is 1.04 bits per heavy atom. The molecule has 0 atom stereocenters. The van der Waals surface area contributed by atoms with Gasteiger partial charge < -0.3 is 9.64 Å². The van der Waals surface area contributed by atoms with Crippen LogP contribution in [0.3, 0.4) is 0 Å². The van der Waals surface area contributed by atoms with E-state index in [-0.39, 0.29) is 5.97 Å². The highest BCUT2D eigenvalue weighted by Crippen LogP contribution is 2.19. The van der Waals surface area contributed by atoms with Crippen molar-refractivity contribution >= 4 is 11.7 Å². The van der Waals surface area contributed by atoms with E-state index in [1.54, 1.807) is 0 Å². The molecular weight excluding hydrogens is 298 g/mol. The lowest BCUT2D eigenvalue weighted by atomic mass is 10.1. The first-order valence-electron chi connectivity index (χ1n) is 9.49. The van der Waals surface area contributed by atoms with Gasteiger partial charge in [0.1, 0.15) is 0 Å². The van der Waals surface area contributed by atoms with Gasteiger partial charge in [-0.25, -0.2) is 4.79 Å². The van der Waals surface area contributed by atoms with Gasteiger partial charge in [0.25, 0.3) is 0 Å². The Hall–Kier alpha value is -1.51. The summed E-state index contributed by atoms with van der Waals surface area (Å²) in [6, 6.07) is 8.30. The highest BCUT2D eigenvalue weighted by Gasteiger charge is 2.12. The van der Waals surface area contributed by atoms with Crippen molar-refractivity contribution in [2.75, 3.05) is 18.1 Å². The molecule has 136 valence electrons.